The summed E-state index contributed by atoms with van der Waals surface area (Å²) in [7, 11) is 0. The molecular formula is C18H22Cl2F12N4. The zero-order valence-corrected chi connectivity index (χ0v) is 19.7. The molecule has 1 aliphatic heterocycles. The highest BCUT2D eigenvalue weighted by atomic mass is 35.5. The molecule has 1 aliphatic rings. The molecule has 0 unspecified atom stereocenters. The van der Waals surface area contributed by atoms with E-state index in [1.807, 2.05) is 0 Å². The van der Waals surface area contributed by atoms with Crippen LogP contribution in [-0.4, -0.2) is 98.7 Å². The number of hydrogen-bond donors (Lipinski definition) is 2. The van der Waals surface area contributed by atoms with Crippen LogP contribution in [0.4, 0.5) is 52.7 Å². The first-order valence-corrected chi connectivity index (χ1v) is 10.9. The van der Waals surface area contributed by atoms with Gasteiger partial charge in [0.05, 0.1) is 0 Å². The molecule has 0 bridgehead atoms. The highest BCUT2D eigenvalue weighted by molar-refractivity contribution is 6.30. The molecule has 0 aromatic heterocycles. The summed E-state index contributed by atoms with van der Waals surface area (Å²) in [4.78, 5) is 2.11. The average molecular weight is 593 g/mol. The largest absolute Gasteiger partial charge is 0.374 e. The lowest BCUT2D eigenvalue weighted by Crippen LogP contribution is -2.47. The van der Waals surface area contributed by atoms with Gasteiger partial charge in [-0.1, -0.05) is 23.2 Å². The second-order valence-electron chi connectivity index (χ2n) is 7.52. The molecule has 18 heteroatoms. The zero-order valence-electron chi connectivity index (χ0n) is 18.2. The number of rotatable bonds is 8. The van der Waals surface area contributed by atoms with E-state index < -0.39 is 46.6 Å². The van der Waals surface area contributed by atoms with Crippen molar-refractivity contribution in [2.45, 2.75) is 36.5 Å². The van der Waals surface area contributed by atoms with Gasteiger partial charge in [0.15, 0.2) is 0 Å². The van der Waals surface area contributed by atoms with Gasteiger partial charge in [-0.3, -0.25) is 0 Å². The molecule has 0 aromatic carbocycles. The minimum atomic E-state index is -5.71. The predicted molar refractivity (Wildman–Crippen MR) is 109 cm³/mol. The summed E-state index contributed by atoms with van der Waals surface area (Å²) in [5.41, 5.74) is 0. The van der Waals surface area contributed by atoms with Gasteiger partial charge in [0, 0.05) is 64.8 Å². The van der Waals surface area contributed by atoms with Crippen molar-refractivity contribution in [1.29, 1.82) is 0 Å². The minimum Gasteiger partial charge on any atom is -0.374 e. The lowest BCUT2D eigenvalue weighted by Gasteiger charge is -2.29. The van der Waals surface area contributed by atoms with Crippen molar-refractivity contribution in [3.63, 3.8) is 0 Å². The Bertz CT molecular complexity index is 690. The molecule has 0 atom stereocenters. The van der Waals surface area contributed by atoms with Crippen LogP contribution in [0.3, 0.4) is 0 Å². The first kappa shape index (κ1) is 32.8. The molecule has 0 saturated carbocycles. The van der Waals surface area contributed by atoms with E-state index in [0.29, 0.717) is 12.4 Å². The van der Waals surface area contributed by atoms with E-state index in [-0.39, 0.29) is 52.4 Å². The van der Waals surface area contributed by atoms with E-state index >= 15 is 0 Å². The average Bonchev–Trinajstić information content (AvgIpc) is 2.75. The van der Waals surface area contributed by atoms with E-state index in [0.717, 1.165) is 9.80 Å². The molecule has 1 saturated heterocycles. The van der Waals surface area contributed by atoms with Crippen LogP contribution in [0.2, 0.25) is 0 Å². The Hall–Kier alpha value is -1.26. The maximum absolute atomic E-state index is 13.7. The van der Waals surface area contributed by atoms with E-state index in [1.54, 1.807) is 0 Å². The fourth-order valence-electron chi connectivity index (χ4n) is 2.70. The van der Waals surface area contributed by atoms with Gasteiger partial charge < -0.3 is 20.4 Å². The van der Waals surface area contributed by atoms with Crippen LogP contribution >= 0.6 is 23.2 Å². The lowest BCUT2D eigenvalue weighted by molar-refractivity contribution is -0.244. The van der Waals surface area contributed by atoms with Crippen LogP contribution in [0, 0.1) is 0 Å². The Balaban J connectivity index is 2.87. The number of alkyl halides is 12. The fraction of sp³-hybridized carbons (Fsp3) is 0.778. The first-order valence-electron chi connectivity index (χ1n) is 10.1. The zero-order chi connectivity index (χ0) is 27.9. The molecule has 212 valence electrons. The third-order valence-corrected chi connectivity index (χ3v) is 5.55. The van der Waals surface area contributed by atoms with Gasteiger partial charge in [-0.15, -0.1) is 0 Å². The summed E-state index contributed by atoms with van der Waals surface area (Å²) in [6, 6.07) is 0. The summed E-state index contributed by atoms with van der Waals surface area (Å²) in [6.45, 7) is -0.643. The topological polar surface area (TPSA) is 30.5 Å². The Morgan fingerprint density at radius 1 is 0.583 bits per heavy atom. The van der Waals surface area contributed by atoms with Gasteiger partial charge in [0.2, 0.25) is 0 Å². The number of nitrogens with zero attached hydrogens (tertiary/aromatic N) is 2. The summed E-state index contributed by atoms with van der Waals surface area (Å²) < 4.78 is 157. The van der Waals surface area contributed by atoms with E-state index in [1.165, 1.54) is 0 Å². The van der Waals surface area contributed by atoms with Gasteiger partial charge in [0.25, 0.3) is 0 Å². The third kappa shape index (κ3) is 7.87. The number of hydrogen-bond acceptors (Lipinski definition) is 4. The molecule has 1 fully saturated rings. The highest BCUT2D eigenvalue weighted by Gasteiger charge is 2.65. The molecular weight excluding hydrogens is 571 g/mol. The molecule has 4 nitrogen and oxygen atoms in total. The maximum atomic E-state index is 13.7. The molecule has 36 heavy (non-hydrogen) atoms. The van der Waals surface area contributed by atoms with Crippen molar-refractivity contribution in [2.75, 3.05) is 52.4 Å². The van der Waals surface area contributed by atoms with E-state index in [4.69, 9.17) is 23.2 Å². The Morgan fingerprint density at radius 2 is 0.833 bits per heavy atom. The van der Waals surface area contributed by atoms with Crippen molar-refractivity contribution in [2.24, 2.45) is 0 Å². The molecule has 0 amide bonds. The normalized spacial score (nSPS) is 19.6. The van der Waals surface area contributed by atoms with E-state index in [9.17, 15) is 52.7 Å². The lowest BCUT2D eigenvalue weighted by atomic mass is 10.1. The van der Waals surface area contributed by atoms with Crippen molar-refractivity contribution in [3.05, 3.63) is 22.5 Å². The molecule has 0 aromatic rings. The smallest absolute Gasteiger partial charge is 0.374 e. The van der Waals surface area contributed by atoms with Crippen LogP contribution in [0.25, 0.3) is 0 Å². The van der Waals surface area contributed by atoms with Gasteiger partial charge in [-0.25, -0.2) is 17.6 Å². The molecule has 0 radical (unpaired) electrons. The van der Waals surface area contributed by atoms with Crippen LogP contribution in [0.15, 0.2) is 22.5 Å². The summed E-state index contributed by atoms with van der Waals surface area (Å²) in [5.74, 6) is -22.1. The fourth-order valence-corrected chi connectivity index (χ4v) is 3.23. The third-order valence-electron chi connectivity index (χ3n) is 4.88. The molecule has 0 aliphatic carbocycles. The summed E-state index contributed by atoms with van der Waals surface area (Å²) in [6.07, 6.45) is -8.52. The summed E-state index contributed by atoms with van der Waals surface area (Å²) in [5, 5.41) is 1.82. The van der Waals surface area contributed by atoms with Gasteiger partial charge in [-0.05, 0) is 0 Å². The molecule has 1 rings (SSSR count). The second kappa shape index (κ2) is 13.0. The van der Waals surface area contributed by atoms with Crippen LogP contribution in [0.5, 0.6) is 0 Å². The van der Waals surface area contributed by atoms with Crippen LogP contribution in [-0.2, 0) is 0 Å². The Labute approximate surface area is 208 Å². The molecule has 2 N–H and O–H groups in total. The minimum absolute atomic E-state index is 0.0254. The van der Waals surface area contributed by atoms with Gasteiger partial charge in [-0.2, -0.15) is 35.1 Å². The SMILES string of the molecule is FC(F)C(F)(F)C(F)(F)/C(Cl)=C/N1CCNCCN(/C=C(\Cl)C(F)(F)C(F)(F)C(F)F)CCNCC1. The first-order chi connectivity index (χ1) is 16.4. The Morgan fingerprint density at radius 3 is 1.06 bits per heavy atom. The van der Waals surface area contributed by atoms with Crippen LogP contribution < -0.4 is 10.6 Å². The number of halogens is 14. The van der Waals surface area contributed by atoms with Crippen molar-refractivity contribution in [3.8, 4) is 0 Å². The number of allylic oxidation sites excluding steroid dienone is 2. The van der Waals surface area contributed by atoms with Crippen molar-refractivity contribution in [1.82, 2.24) is 20.4 Å². The quantitative estimate of drug-likeness (QED) is 0.388. The maximum Gasteiger partial charge on any atom is 0.374 e. The Kier molecular flexibility index (Phi) is 11.8. The van der Waals surface area contributed by atoms with Gasteiger partial charge >= 0.3 is 36.5 Å². The monoisotopic (exact) mass is 592 g/mol. The molecule has 0 spiro atoms. The second-order valence-corrected chi connectivity index (χ2v) is 8.34. The van der Waals surface area contributed by atoms with Gasteiger partial charge in [0.1, 0.15) is 10.1 Å². The molecule has 1 heterocycles. The summed E-state index contributed by atoms with van der Waals surface area (Å²) >= 11 is 10.5. The number of nitrogens with one attached hydrogen (secondary N) is 2. The highest BCUT2D eigenvalue weighted by Crippen LogP contribution is 2.46. The van der Waals surface area contributed by atoms with Crippen molar-refractivity contribution >= 4 is 23.2 Å². The standard InChI is InChI=1S/C18H22Cl2F12N4/c19-11(15(25,26)17(29,30)13(21)22)9-35-5-1-33-2-6-36(8-4-34-3-7-35)10-12(20)16(27,28)18(31,32)14(23)24/h9-10,13-14,33-34H,1-8H2/b11-9-,12-10-. The van der Waals surface area contributed by atoms with Crippen LogP contribution in [0.1, 0.15) is 0 Å². The van der Waals surface area contributed by atoms with Crippen molar-refractivity contribution < 1.29 is 52.7 Å². The predicted octanol–water partition coefficient (Wildman–Crippen LogP) is 5.02. The van der Waals surface area contributed by atoms with E-state index in [2.05, 4.69) is 10.6 Å².